The van der Waals surface area contributed by atoms with Gasteiger partial charge >= 0.3 is 0 Å². The molecule has 0 atom stereocenters. The van der Waals surface area contributed by atoms with E-state index in [1.54, 1.807) is 19.4 Å². The molecule has 2 N–H and O–H groups in total. The zero-order chi connectivity index (χ0) is 14.7. The van der Waals surface area contributed by atoms with E-state index in [-0.39, 0.29) is 0 Å². The van der Waals surface area contributed by atoms with Gasteiger partial charge in [-0.25, -0.2) is 0 Å². The van der Waals surface area contributed by atoms with Gasteiger partial charge in [0, 0.05) is 17.1 Å². The van der Waals surface area contributed by atoms with Gasteiger partial charge in [-0.3, -0.25) is 4.68 Å². The number of nitrogen functional groups attached to an aromatic ring is 1. The van der Waals surface area contributed by atoms with Crippen molar-refractivity contribution in [3.63, 3.8) is 0 Å². The van der Waals surface area contributed by atoms with Gasteiger partial charge in [0.05, 0.1) is 24.7 Å². The largest absolute Gasteiger partial charge is 0.496 e. The predicted molar refractivity (Wildman–Crippen MR) is 83.1 cm³/mol. The Kier molecular flexibility index (Phi) is 4.55. The molecule has 0 fully saturated rings. The number of ether oxygens (including phenoxy) is 1. The summed E-state index contributed by atoms with van der Waals surface area (Å²) in [6, 6.07) is 5.51. The highest BCUT2D eigenvalue weighted by Gasteiger charge is 2.16. The molecule has 2 aromatic rings. The average Bonchev–Trinajstić information content (AvgIpc) is 2.77. The SMILES string of the molecule is COc1ccc(Cl)cc1-c1c(N)cnn1CCC(C)C. The van der Waals surface area contributed by atoms with E-state index in [4.69, 9.17) is 22.1 Å². The number of methoxy groups -OCH3 is 1. The third kappa shape index (κ3) is 3.07. The van der Waals surface area contributed by atoms with Crippen molar-refractivity contribution in [2.75, 3.05) is 12.8 Å². The highest BCUT2D eigenvalue weighted by atomic mass is 35.5. The third-order valence-corrected chi connectivity index (χ3v) is 3.44. The highest BCUT2D eigenvalue weighted by molar-refractivity contribution is 6.31. The number of halogens is 1. The lowest BCUT2D eigenvalue weighted by molar-refractivity contribution is 0.415. The number of benzene rings is 1. The van der Waals surface area contributed by atoms with Gasteiger partial charge in [-0.05, 0) is 30.5 Å². The summed E-state index contributed by atoms with van der Waals surface area (Å²) in [6.45, 7) is 5.19. The molecule has 0 aliphatic heterocycles. The van der Waals surface area contributed by atoms with E-state index in [9.17, 15) is 0 Å². The van der Waals surface area contributed by atoms with Crippen LogP contribution in [0, 0.1) is 5.92 Å². The van der Waals surface area contributed by atoms with Crippen molar-refractivity contribution in [3.05, 3.63) is 29.4 Å². The maximum absolute atomic E-state index is 6.10. The van der Waals surface area contributed by atoms with Crippen LogP contribution in [0.2, 0.25) is 5.02 Å². The first kappa shape index (κ1) is 14.7. The van der Waals surface area contributed by atoms with Crippen LogP contribution in [-0.2, 0) is 6.54 Å². The summed E-state index contributed by atoms with van der Waals surface area (Å²) in [4.78, 5) is 0. The monoisotopic (exact) mass is 293 g/mol. The van der Waals surface area contributed by atoms with Crippen molar-refractivity contribution in [2.45, 2.75) is 26.8 Å². The van der Waals surface area contributed by atoms with Crippen molar-refractivity contribution in [2.24, 2.45) is 5.92 Å². The number of aromatic nitrogens is 2. The summed E-state index contributed by atoms with van der Waals surface area (Å²) in [5.74, 6) is 1.35. The number of anilines is 1. The smallest absolute Gasteiger partial charge is 0.128 e. The zero-order valence-electron chi connectivity index (χ0n) is 12.1. The van der Waals surface area contributed by atoms with Crippen LogP contribution in [0.4, 0.5) is 5.69 Å². The lowest BCUT2D eigenvalue weighted by Gasteiger charge is -2.13. The first-order valence-corrected chi connectivity index (χ1v) is 7.06. The van der Waals surface area contributed by atoms with Crippen LogP contribution in [0.25, 0.3) is 11.3 Å². The Morgan fingerprint density at radius 2 is 2.15 bits per heavy atom. The minimum absolute atomic E-state index is 0.606. The van der Waals surface area contributed by atoms with Gasteiger partial charge in [-0.1, -0.05) is 25.4 Å². The maximum atomic E-state index is 6.10. The number of rotatable bonds is 5. The second-order valence-electron chi connectivity index (χ2n) is 5.20. The van der Waals surface area contributed by atoms with Gasteiger partial charge < -0.3 is 10.5 Å². The summed E-state index contributed by atoms with van der Waals surface area (Å²) in [5, 5.41) is 5.01. The summed E-state index contributed by atoms with van der Waals surface area (Å²) in [6.07, 6.45) is 2.72. The summed E-state index contributed by atoms with van der Waals surface area (Å²) in [5.41, 5.74) is 8.44. The van der Waals surface area contributed by atoms with Crippen molar-refractivity contribution in [1.29, 1.82) is 0 Å². The Balaban J connectivity index is 2.46. The molecule has 0 aliphatic carbocycles. The molecule has 20 heavy (non-hydrogen) atoms. The average molecular weight is 294 g/mol. The minimum Gasteiger partial charge on any atom is -0.496 e. The molecule has 0 saturated carbocycles. The summed E-state index contributed by atoms with van der Waals surface area (Å²) < 4.78 is 7.32. The zero-order valence-corrected chi connectivity index (χ0v) is 12.8. The van der Waals surface area contributed by atoms with Crippen molar-refractivity contribution in [3.8, 4) is 17.0 Å². The normalized spacial score (nSPS) is 11.1. The van der Waals surface area contributed by atoms with Crippen LogP contribution in [0.1, 0.15) is 20.3 Å². The van der Waals surface area contributed by atoms with Crippen LogP contribution in [0.3, 0.4) is 0 Å². The molecule has 0 radical (unpaired) electrons. The summed E-state index contributed by atoms with van der Waals surface area (Å²) in [7, 11) is 1.64. The predicted octanol–water partition coefficient (Wildman–Crippen LogP) is 3.84. The fourth-order valence-electron chi connectivity index (χ4n) is 2.11. The minimum atomic E-state index is 0.606. The molecule has 0 bridgehead atoms. The fourth-order valence-corrected chi connectivity index (χ4v) is 2.28. The van der Waals surface area contributed by atoms with Crippen molar-refractivity contribution in [1.82, 2.24) is 9.78 Å². The molecule has 0 spiro atoms. The number of nitrogens with two attached hydrogens (primary N) is 1. The van der Waals surface area contributed by atoms with Crippen LogP contribution in [0.15, 0.2) is 24.4 Å². The molecular formula is C15H20ClN3O. The van der Waals surface area contributed by atoms with E-state index in [0.29, 0.717) is 16.6 Å². The van der Waals surface area contributed by atoms with E-state index >= 15 is 0 Å². The number of hydrogen-bond acceptors (Lipinski definition) is 3. The topological polar surface area (TPSA) is 53.1 Å². The first-order chi connectivity index (χ1) is 9.52. The van der Waals surface area contributed by atoms with Crippen LogP contribution in [-0.4, -0.2) is 16.9 Å². The third-order valence-electron chi connectivity index (χ3n) is 3.20. The molecule has 4 nitrogen and oxygen atoms in total. The van der Waals surface area contributed by atoms with Gasteiger partial charge in [0.15, 0.2) is 0 Å². The first-order valence-electron chi connectivity index (χ1n) is 6.68. The highest BCUT2D eigenvalue weighted by Crippen LogP contribution is 2.35. The molecule has 1 heterocycles. The maximum Gasteiger partial charge on any atom is 0.128 e. The molecular weight excluding hydrogens is 274 g/mol. The van der Waals surface area contributed by atoms with E-state index in [2.05, 4.69) is 18.9 Å². The second-order valence-corrected chi connectivity index (χ2v) is 5.64. The molecule has 2 rings (SSSR count). The Bertz CT molecular complexity index is 593. The van der Waals surface area contributed by atoms with E-state index in [1.165, 1.54) is 0 Å². The van der Waals surface area contributed by atoms with Gasteiger partial charge in [0.1, 0.15) is 5.75 Å². The Labute approximate surface area is 124 Å². The van der Waals surface area contributed by atoms with E-state index in [1.807, 2.05) is 16.8 Å². The second kappa shape index (κ2) is 6.18. The van der Waals surface area contributed by atoms with E-state index < -0.39 is 0 Å². The van der Waals surface area contributed by atoms with Gasteiger partial charge in [-0.15, -0.1) is 0 Å². The standard InChI is InChI=1S/C15H20ClN3O/c1-10(2)6-7-19-15(13(17)9-18-19)12-8-11(16)4-5-14(12)20-3/h4-5,8-10H,6-7,17H2,1-3H3. The number of nitrogens with zero attached hydrogens (tertiary/aromatic N) is 2. The van der Waals surface area contributed by atoms with Crippen molar-refractivity contribution >= 4 is 17.3 Å². The molecule has 5 heteroatoms. The van der Waals surface area contributed by atoms with Crippen molar-refractivity contribution < 1.29 is 4.74 Å². The van der Waals surface area contributed by atoms with Gasteiger partial charge in [-0.2, -0.15) is 5.10 Å². The molecule has 0 aliphatic rings. The van der Waals surface area contributed by atoms with Crippen LogP contribution in [0.5, 0.6) is 5.75 Å². The Morgan fingerprint density at radius 1 is 1.40 bits per heavy atom. The van der Waals surface area contributed by atoms with E-state index in [0.717, 1.165) is 30.0 Å². The molecule has 0 saturated heterocycles. The molecule has 1 aromatic heterocycles. The van der Waals surface area contributed by atoms with Gasteiger partial charge in [0.2, 0.25) is 0 Å². The fraction of sp³-hybridized carbons (Fsp3) is 0.400. The molecule has 108 valence electrons. The van der Waals surface area contributed by atoms with Crippen LogP contribution < -0.4 is 10.5 Å². The number of hydrogen-bond donors (Lipinski definition) is 1. The number of aryl methyl sites for hydroxylation is 1. The van der Waals surface area contributed by atoms with Crippen LogP contribution >= 0.6 is 11.6 Å². The lowest BCUT2D eigenvalue weighted by Crippen LogP contribution is -2.06. The molecule has 0 amide bonds. The van der Waals surface area contributed by atoms with Gasteiger partial charge in [0.25, 0.3) is 0 Å². The molecule has 0 unspecified atom stereocenters. The summed E-state index contributed by atoms with van der Waals surface area (Å²) >= 11 is 6.10. The quantitative estimate of drug-likeness (QED) is 0.911. The molecule has 1 aromatic carbocycles. The Morgan fingerprint density at radius 3 is 2.80 bits per heavy atom. The lowest BCUT2D eigenvalue weighted by atomic mass is 10.1. The Hall–Kier alpha value is -1.68.